The molecule has 0 heterocycles. The molecule has 1 aromatic carbocycles. The average Bonchev–Trinajstić information content (AvgIpc) is 2.68. The third-order valence-corrected chi connectivity index (χ3v) is 3.80. The van der Waals surface area contributed by atoms with E-state index < -0.39 is 6.29 Å². The van der Waals surface area contributed by atoms with Crippen molar-refractivity contribution in [1.82, 2.24) is 0 Å². The maximum absolute atomic E-state index is 11.8. The Balaban J connectivity index is 2.34. The summed E-state index contributed by atoms with van der Waals surface area (Å²) in [6, 6.07) is 6.78. The summed E-state index contributed by atoms with van der Waals surface area (Å²) in [7, 11) is 1.57. The van der Waals surface area contributed by atoms with Gasteiger partial charge in [-0.15, -0.1) is 0 Å². The molecule has 1 aromatic rings. The van der Waals surface area contributed by atoms with Crippen LogP contribution in [-0.4, -0.2) is 51.8 Å². The molecule has 0 bridgehead atoms. The summed E-state index contributed by atoms with van der Waals surface area (Å²) in [6.07, 6.45) is 3.46. The van der Waals surface area contributed by atoms with Crippen LogP contribution < -0.4 is 4.74 Å². The predicted octanol–water partition coefficient (Wildman–Crippen LogP) is 3.74. The van der Waals surface area contributed by atoms with Crippen molar-refractivity contribution in [3.63, 3.8) is 0 Å². The summed E-state index contributed by atoms with van der Waals surface area (Å²) >= 11 is 0. The number of carbonyl (C=O) groups is 2. The van der Waals surface area contributed by atoms with Gasteiger partial charge in [0.1, 0.15) is 12.4 Å². The van der Waals surface area contributed by atoms with Gasteiger partial charge in [0.15, 0.2) is 0 Å². The monoisotopic (exact) mass is 396 g/mol. The van der Waals surface area contributed by atoms with Gasteiger partial charge in [-0.3, -0.25) is 4.79 Å². The molecular weight excluding hydrogens is 364 g/mol. The number of methoxy groups -OCH3 is 1. The summed E-state index contributed by atoms with van der Waals surface area (Å²) in [4.78, 5) is 23.1. The minimum atomic E-state index is -0.568. The van der Waals surface area contributed by atoms with E-state index in [9.17, 15) is 9.59 Å². The van der Waals surface area contributed by atoms with Gasteiger partial charge in [0.2, 0.25) is 6.29 Å². The van der Waals surface area contributed by atoms with Gasteiger partial charge < -0.3 is 23.7 Å². The van der Waals surface area contributed by atoms with Crippen molar-refractivity contribution in [2.75, 3.05) is 33.5 Å². The molecule has 0 aliphatic carbocycles. The molecule has 0 aliphatic rings. The Morgan fingerprint density at radius 1 is 1.00 bits per heavy atom. The number of esters is 2. The Morgan fingerprint density at radius 2 is 1.75 bits per heavy atom. The normalized spacial score (nSPS) is 11.7. The van der Waals surface area contributed by atoms with E-state index in [1.165, 1.54) is 0 Å². The maximum Gasteiger partial charge on any atom is 0.338 e. The first-order valence-corrected chi connectivity index (χ1v) is 9.80. The van der Waals surface area contributed by atoms with Gasteiger partial charge in [-0.05, 0) is 44.9 Å². The summed E-state index contributed by atoms with van der Waals surface area (Å²) in [5.41, 5.74) is 0.428. The molecule has 1 atom stereocenters. The molecule has 0 radical (unpaired) electrons. The second-order valence-electron chi connectivity index (χ2n) is 6.09. The van der Waals surface area contributed by atoms with Gasteiger partial charge in [0.25, 0.3) is 0 Å². The summed E-state index contributed by atoms with van der Waals surface area (Å²) in [5.74, 6) is -0.0145. The van der Waals surface area contributed by atoms with Crippen molar-refractivity contribution in [3.8, 4) is 5.75 Å². The maximum atomic E-state index is 11.8. The van der Waals surface area contributed by atoms with Crippen molar-refractivity contribution in [3.05, 3.63) is 29.8 Å². The average molecular weight is 396 g/mol. The lowest BCUT2D eigenvalue weighted by Crippen LogP contribution is -2.26. The number of ether oxygens (including phenoxy) is 5. The van der Waals surface area contributed by atoms with Crippen LogP contribution in [0.25, 0.3) is 0 Å². The minimum Gasteiger partial charge on any atom is -0.466 e. The molecule has 0 saturated heterocycles. The van der Waals surface area contributed by atoms with Crippen LogP contribution in [0.2, 0.25) is 0 Å². The largest absolute Gasteiger partial charge is 0.466 e. The number of hydrogen-bond acceptors (Lipinski definition) is 7. The number of unbranched alkanes of at least 4 members (excludes halogenated alkanes) is 3. The molecule has 1 rings (SSSR count). The predicted molar refractivity (Wildman–Crippen MR) is 104 cm³/mol. The second-order valence-corrected chi connectivity index (χ2v) is 6.09. The Kier molecular flexibility index (Phi) is 12.7. The molecule has 0 saturated carbocycles. The number of rotatable bonds is 15. The summed E-state index contributed by atoms with van der Waals surface area (Å²) in [5, 5.41) is 0. The van der Waals surface area contributed by atoms with E-state index >= 15 is 0 Å². The molecule has 0 aliphatic heterocycles. The lowest BCUT2D eigenvalue weighted by molar-refractivity contribution is -0.143. The molecule has 7 nitrogen and oxygen atoms in total. The summed E-state index contributed by atoms with van der Waals surface area (Å²) in [6.45, 7) is 5.10. The second kappa shape index (κ2) is 14.9. The molecule has 0 N–H and O–H groups in total. The van der Waals surface area contributed by atoms with E-state index in [4.69, 9.17) is 23.7 Å². The van der Waals surface area contributed by atoms with Crippen molar-refractivity contribution >= 4 is 11.9 Å². The zero-order chi connectivity index (χ0) is 20.6. The fourth-order valence-electron chi connectivity index (χ4n) is 2.49. The van der Waals surface area contributed by atoms with E-state index in [0.717, 1.165) is 25.7 Å². The fraction of sp³-hybridized carbons (Fsp3) is 0.619. The van der Waals surface area contributed by atoms with E-state index in [-0.39, 0.29) is 18.5 Å². The molecule has 0 fully saturated rings. The first-order chi connectivity index (χ1) is 13.6. The molecule has 28 heavy (non-hydrogen) atoms. The van der Waals surface area contributed by atoms with Crippen LogP contribution in [0.1, 0.15) is 56.3 Å². The highest BCUT2D eigenvalue weighted by Gasteiger charge is 2.13. The van der Waals surface area contributed by atoms with Crippen LogP contribution in [0, 0.1) is 0 Å². The first-order valence-electron chi connectivity index (χ1n) is 9.80. The van der Waals surface area contributed by atoms with Crippen LogP contribution in [-0.2, 0) is 23.7 Å². The Labute approximate surface area is 167 Å². The first kappa shape index (κ1) is 23.9. The fourth-order valence-corrected chi connectivity index (χ4v) is 2.49. The van der Waals surface area contributed by atoms with Crippen LogP contribution in [0.3, 0.4) is 0 Å². The van der Waals surface area contributed by atoms with Crippen LogP contribution >= 0.6 is 0 Å². The highest BCUT2D eigenvalue weighted by molar-refractivity contribution is 5.89. The van der Waals surface area contributed by atoms with E-state index in [1.807, 2.05) is 0 Å². The third-order valence-electron chi connectivity index (χ3n) is 3.80. The van der Waals surface area contributed by atoms with Crippen molar-refractivity contribution in [1.29, 1.82) is 0 Å². The topological polar surface area (TPSA) is 80.3 Å². The molecule has 1 unspecified atom stereocenters. The zero-order valence-electron chi connectivity index (χ0n) is 17.1. The lowest BCUT2D eigenvalue weighted by Gasteiger charge is -2.19. The Morgan fingerprint density at radius 3 is 2.46 bits per heavy atom. The Hall–Kier alpha value is -2.12. The van der Waals surface area contributed by atoms with Crippen LogP contribution in [0.15, 0.2) is 24.3 Å². The molecule has 0 amide bonds. The van der Waals surface area contributed by atoms with Crippen molar-refractivity contribution < 1.29 is 33.3 Å². The summed E-state index contributed by atoms with van der Waals surface area (Å²) < 4.78 is 26.6. The molecule has 7 heteroatoms. The zero-order valence-corrected chi connectivity index (χ0v) is 17.1. The highest BCUT2D eigenvalue weighted by atomic mass is 16.7. The van der Waals surface area contributed by atoms with Gasteiger partial charge in [-0.25, -0.2) is 4.79 Å². The lowest BCUT2D eigenvalue weighted by atomic mass is 10.1. The molecule has 0 spiro atoms. The van der Waals surface area contributed by atoms with E-state index in [1.54, 1.807) is 45.2 Å². The molecule has 0 aromatic heterocycles. The SMILES string of the molecule is CCOC(=O)CCCCCCOC(COC)Oc1cccc(C(=O)OCC)c1. The van der Waals surface area contributed by atoms with Gasteiger partial charge >= 0.3 is 11.9 Å². The van der Waals surface area contributed by atoms with Crippen LogP contribution in [0.4, 0.5) is 0 Å². The highest BCUT2D eigenvalue weighted by Crippen LogP contribution is 2.17. The Bertz CT molecular complexity index is 574. The quantitative estimate of drug-likeness (QED) is 0.254. The number of carbonyl (C=O) groups excluding carboxylic acids is 2. The molecule has 158 valence electrons. The molecular formula is C21H32O7. The van der Waals surface area contributed by atoms with Gasteiger partial charge in [-0.2, -0.15) is 0 Å². The minimum absolute atomic E-state index is 0.141. The van der Waals surface area contributed by atoms with Gasteiger partial charge in [0, 0.05) is 13.5 Å². The van der Waals surface area contributed by atoms with Crippen LogP contribution in [0.5, 0.6) is 5.75 Å². The van der Waals surface area contributed by atoms with Crippen molar-refractivity contribution in [2.45, 2.75) is 52.2 Å². The van der Waals surface area contributed by atoms with Crippen molar-refractivity contribution in [2.24, 2.45) is 0 Å². The van der Waals surface area contributed by atoms with Gasteiger partial charge in [-0.1, -0.05) is 18.9 Å². The smallest absolute Gasteiger partial charge is 0.338 e. The standard InChI is InChI=1S/C21H32O7/c1-4-25-19(22)13-8-6-7-9-14-27-20(16-24-3)28-18-12-10-11-17(15-18)21(23)26-5-2/h10-12,15,20H,4-9,13-14,16H2,1-3H3. The number of hydrogen-bond donors (Lipinski definition) is 0. The van der Waals surface area contributed by atoms with E-state index in [2.05, 4.69) is 0 Å². The van der Waals surface area contributed by atoms with E-state index in [0.29, 0.717) is 37.6 Å². The third kappa shape index (κ3) is 10.3. The number of benzene rings is 1. The van der Waals surface area contributed by atoms with Gasteiger partial charge in [0.05, 0.1) is 25.4 Å².